The van der Waals surface area contributed by atoms with Crippen LogP contribution in [0, 0.1) is 0 Å². The molecule has 0 saturated heterocycles. The molecular weight excluding hydrogens is 1390 g/mol. The number of hydrogen-bond acceptors (Lipinski definition) is 10. The first kappa shape index (κ1) is 60.2. The summed E-state index contributed by atoms with van der Waals surface area (Å²) in [5.74, 6) is 3.87. The van der Waals surface area contributed by atoms with Crippen LogP contribution in [0.3, 0.4) is 0 Å². The molecule has 6 aromatic heterocycles. The molecule has 0 radical (unpaired) electrons. The number of rotatable bonds is 9. The summed E-state index contributed by atoms with van der Waals surface area (Å²) in [4.78, 5) is 32.2. The molecule has 2 aliphatic rings. The van der Waals surface area contributed by atoms with Crippen molar-refractivity contribution in [1.29, 1.82) is 0 Å². The lowest BCUT2D eigenvalue weighted by Crippen LogP contribution is -2.00. The minimum atomic E-state index is 0.633. The first-order valence-corrected chi connectivity index (χ1v) is 39.5. The second kappa shape index (κ2) is 23.2. The monoisotopic (exact) mass is 1440 g/mol. The van der Waals surface area contributed by atoms with Gasteiger partial charge in [0.05, 0.1) is 0 Å². The van der Waals surface area contributed by atoms with Gasteiger partial charge in [0, 0.05) is 114 Å². The van der Waals surface area contributed by atoms with E-state index in [1.54, 1.807) is 11.3 Å². The van der Waals surface area contributed by atoms with Crippen molar-refractivity contribution < 1.29 is 0 Å². The zero-order valence-electron chi connectivity index (χ0n) is 57.3. The lowest BCUT2D eigenvalue weighted by Gasteiger charge is -2.11. The van der Waals surface area contributed by atoms with E-state index in [1.165, 1.54) is 164 Å². The van der Waals surface area contributed by atoms with Gasteiger partial charge >= 0.3 is 0 Å². The van der Waals surface area contributed by atoms with Crippen LogP contribution in [0.2, 0.25) is 0 Å². The van der Waals surface area contributed by atoms with Crippen LogP contribution in [0.4, 0.5) is 0 Å². The van der Waals surface area contributed by atoms with Crippen molar-refractivity contribution >= 4 is 148 Å². The Kier molecular flexibility index (Phi) is 12.9. The van der Waals surface area contributed by atoms with E-state index in [4.69, 9.17) is 29.9 Å². The van der Waals surface area contributed by atoms with Crippen LogP contribution in [-0.2, 0) is 0 Å². The Morgan fingerprint density at radius 1 is 0.148 bits per heavy atom. The van der Waals surface area contributed by atoms with Crippen LogP contribution >= 0.6 is 45.3 Å². The molecule has 22 aromatic rings. The van der Waals surface area contributed by atoms with E-state index in [0.717, 1.165) is 49.7 Å². The predicted molar refractivity (Wildman–Crippen MR) is 458 cm³/mol. The maximum Gasteiger partial charge on any atom is 0.164 e. The van der Waals surface area contributed by atoms with Crippen LogP contribution in [0.15, 0.2) is 315 Å². The molecule has 0 bridgehead atoms. The van der Waals surface area contributed by atoms with Crippen LogP contribution in [0.5, 0.6) is 0 Å². The standard InChI is InChI=1S/C98H52N6S4/c1-3-17-53(18-4-1)93-99-95(103-96(100-93)74-31-15-35-85-90(74)78-50-55(38-46-82(78)106-85)59-42-44-69-63-22-8-7-21-62(63)67-27-12-25-65(59)87(67)69)58-40-48-81-77(52-58)71-29-11-24-61(92(71)108-81)57-37-41-64-70-45-43-60(66-26-13-28-68(88(66)70)76(64)49-57)56-39-47-83-79(51-56)91-75(32-16-36-86(91)107-83)98-102-94(54-19-5-2-6-20-54)101-97(104-98)73-30-14-34-84-89(73)72-23-9-10-33-80(72)105-84/h1-52H. The van der Waals surface area contributed by atoms with Crippen LogP contribution < -0.4 is 0 Å². The number of nitrogens with zero attached hydrogens (tertiary/aromatic N) is 6. The number of aromatic nitrogens is 6. The van der Waals surface area contributed by atoms with Gasteiger partial charge in [-0.25, -0.2) is 29.9 Å². The third-order valence-electron chi connectivity index (χ3n) is 22.3. The number of benzene rings is 16. The molecule has 16 aromatic carbocycles. The topological polar surface area (TPSA) is 77.3 Å². The van der Waals surface area contributed by atoms with Gasteiger partial charge in [0.1, 0.15) is 0 Å². The Labute approximate surface area is 634 Å². The predicted octanol–water partition coefficient (Wildman–Crippen LogP) is 28.1. The van der Waals surface area contributed by atoms with Crippen molar-refractivity contribution in [3.63, 3.8) is 0 Å². The van der Waals surface area contributed by atoms with Crippen LogP contribution in [-0.4, -0.2) is 29.9 Å². The maximum atomic E-state index is 5.48. The summed E-state index contributed by atoms with van der Waals surface area (Å²) in [7, 11) is 0. The Morgan fingerprint density at radius 3 is 1.05 bits per heavy atom. The third kappa shape index (κ3) is 9.03. The van der Waals surface area contributed by atoms with E-state index in [-0.39, 0.29) is 0 Å². The smallest absolute Gasteiger partial charge is 0.164 e. The Morgan fingerprint density at radius 2 is 0.481 bits per heavy atom. The molecule has 0 fully saturated rings. The van der Waals surface area contributed by atoms with Crippen molar-refractivity contribution in [1.82, 2.24) is 29.9 Å². The molecule has 24 rings (SSSR count). The first-order chi connectivity index (χ1) is 53.5. The van der Waals surface area contributed by atoms with E-state index in [9.17, 15) is 0 Å². The highest BCUT2D eigenvalue weighted by molar-refractivity contribution is 7.27. The summed E-state index contributed by atoms with van der Waals surface area (Å²) >= 11 is 7.28. The van der Waals surface area contributed by atoms with Gasteiger partial charge in [-0.05, 0) is 172 Å². The SMILES string of the molecule is c1ccc(-c2nc(-c3ccc4sc5c(-c6ccc7c(c6)-c6cccc8c(-c9ccc%10sc%11cccc(-c%12nc(-c%13ccccc%13)nc(-c%13cccc%14sc%15ccccc%15c%13%14)n%12)c%11c%10c9)ccc-7c68)cccc5c4c3)nc(-c3cccc4sc5ccc(-c6ccc7c8c(cccc68)-c6ccccc6-7)cc5c34)n2)cc1. The molecule has 0 N–H and O–H groups in total. The largest absolute Gasteiger partial charge is 0.208 e. The molecule has 10 heteroatoms. The molecule has 2 aliphatic carbocycles. The zero-order valence-corrected chi connectivity index (χ0v) is 60.6. The Balaban J connectivity index is 0.587. The van der Waals surface area contributed by atoms with Gasteiger partial charge in [0.25, 0.3) is 0 Å². The van der Waals surface area contributed by atoms with E-state index in [2.05, 4.69) is 291 Å². The van der Waals surface area contributed by atoms with Crippen molar-refractivity contribution in [2.24, 2.45) is 0 Å². The molecular formula is C98H52N6S4. The summed E-state index contributed by atoms with van der Waals surface area (Å²) in [5, 5.41) is 14.5. The van der Waals surface area contributed by atoms with Gasteiger partial charge in [-0.15, -0.1) is 45.3 Å². The van der Waals surface area contributed by atoms with Crippen molar-refractivity contribution in [3.05, 3.63) is 315 Å². The fourth-order valence-electron chi connectivity index (χ4n) is 17.5. The molecule has 0 spiro atoms. The normalized spacial score (nSPS) is 12.3. The highest BCUT2D eigenvalue weighted by atomic mass is 32.1. The van der Waals surface area contributed by atoms with Gasteiger partial charge in [-0.1, -0.05) is 243 Å². The summed E-state index contributed by atoms with van der Waals surface area (Å²) in [6.45, 7) is 0. The highest BCUT2D eigenvalue weighted by Crippen LogP contribution is 2.55. The summed E-state index contributed by atoms with van der Waals surface area (Å²) in [6.07, 6.45) is 0. The lowest BCUT2D eigenvalue weighted by molar-refractivity contribution is 1.08. The van der Waals surface area contributed by atoms with E-state index in [0.29, 0.717) is 34.9 Å². The summed E-state index contributed by atoms with van der Waals surface area (Å²) in [5.41, 5.74) is 23.2. The van der Waals surface area contributed by atoms with Gasteiger partial charge in [-0.2, -0.15) is 0 Å². The summed E-state index contributed by atoms with van der Waals surface area (Å²) < 4.78 is 9.72. The van der Waals surface area contributed by atoms with Crippen molar-refractivity contribution in [2.45, 2.75) is 0 Å². The average Bonchev–Trinajstić information content (AvgIpc) is 1.60. The number of fused-ring (bicyclic) bond motifs is 18. The zero-order chi connectivity index (χ0) is 70.4. The van der Waals surface area contributed by atoms with Crippen LogP contribution in [0.1, 0.15) is 0 Å². The maximum absolute atomic E-state index is 5.48. The second-order valence-electron chi connectivity index (χ2n) is 28.2. The Bertz CT molecular complexity index is 7670. The van der Waals surface area contributed by atoms with Gasteiger partial charge in [0.2, 0.25) is 0 Å². The molecule has 0 amide bonds. The van der Waals surface area contributed by atoms with Gasteiger partial charge in [-0.3, -0.25) is 0 Å². The molecule has 0 aliphatic heterocycles. The molecule has 498 valence electrons. The average molecular weight is 1440 g/mol. The quantitative estimate of drug-likeness (QED) is 0.143. The third-order valence-corrected chi connectivity index (χ3v) is 27.0. The minimum Gasteiger partial charge on any atom is -0.208 e. The minimum absolute atomic E-state index is 0.633. The summed E-state index contributed by atoms with van der Waals surface area (Å²) in [6, 6.07) is 115. The van der Waals surface area contributed by atoms with E-state index >= 15 is 0 Å². The van der Waals surface area contributed by atoms with Crippen LogP contribution in [0.25, 0.3) is 248 Å². The van der Waals surface area contributed by atoms with Gasteiger partial charge in [0.15, 0.2) is 34.9 Å². The second-order valence-corrected chi connectivity index (χ2v) is 32.5. The highest BCUT2D eigenvalue weighted by Gasteiger charge is 2.28. The molecule has 0 saturated carbocycles. The molecule has 6 nitrogen and oxygen atoms in total. The Hall–Kier alpha value is -13.1. The van der Waals surface area contributed by atoms with E-state index < -0.39 is 0 Å². The fraction of sp³-hybridized carbons (Fsp3) is 0. The van der Waals surface area contributed by atoms with E-state index in [1.807, 2.05) is 58.3 Å². The molecule has 6 heterocycles. The molecule has 108 heavy (non-hydrogen) atoms. The molecule has 0 atom stereocenters. The number of thiophene rings is 4. The number of hydrogen-bond donors (Lipinski definition) is 0. The fourth-order valence-corrected chi connectivity index (χ4v) is 22.1. The van der Waals surface area contributed by atoms with Gasteiger partial charge < -0.3 is 0 Å². The van der Waals surface area contributed by atoms with Crippen molar-refractivity contribution in [3.8, 4) is 146 Å². The molecule has 0 unspecified atom stereocenters. The lowest BCUT2D eigenvalue weighted by atomic mass is 9.93. The van der Waals surface area contributed by atoms with Crippen molar-refractivity contribution in [2.75, 3.05) is 0 Å². The first-order valence-electron chi connectivity index (χ1n) is 36.3.